The van der Waals surface area contributed by atoms with Crippen LogP contribution in [0.5, 0.6) is 0 Å². The van der Waals surface area contributed by atoms with Gasteiger partial charge in [0.2, 0.25) is 0 Å². The number of carboxylic acids is 1. The number of carbonyl (C=O) groups is 1. The van der Waals surface area contributed by atoms with Crippen molar-refractivity contribution in [3.63, 3.8) is 0 Å². The molecule has 0 saturated carbocycles. The molecule has 8 heteroatoms. The zero-order chi connectivity index (χ0) is 13.2. The summed E-state index contributed by atoms with van der Waals surface area (Å²) in [5.41, 5.74) is 0. The molecule has 0 aromatic rings. The van der Waals surface area contributed by atoms with Gasteiger partial charge in [-0.25, -0.2) is 0 Å². The summed E-state index contributed by atoms with van der Waals surface area (Å²) in [7, 11) is -3.57. The second-order valence-electron chi connectivity index (χ2n) is 4.67. The molecule has 18 heavy (non-hydrogen) atoms. The molecule has 2 aliphatic rings. The summed E-state index contributed by atoms with van der Waals surface area (Å²) < 4.78 is 26.5. The van der Waals surface area contributed by atoms with E-state index in [1.165, 1.54) is 16.1 Å². The Morgan fingerprint density at radius 3 is 2.39 bits per heavy atom. The lowest BCUT2D eigenvalue weighted by Crippen LogP contribution is -3.18. The van der Waals surface area contributed by atoms with E-state index in [1.807, 2.05) is 0 Å². The van der Waals surface area contributed by atoms with Crippen LogP contribution in [0.2, 0.25) is 0 Å². The van der Waals surface area contributed by atoms with Gasteiger partial charge in [-0.05, 0) is 12.8 Å². The van der Waals surface area contributed by atoms with Gasteiger partial charge in [-0.15, -0.1) is 0 Å². The third-order valence-electron chi connectivity index (χ3n) is 3.44. The van der Waals surface area contributed by atoms with Gasteiger partial charge in [0, 0.05) is 13.1 Å². The predicted octanol–water partition coefficient (Wildman–Crippen LogP) is -2.19. The predicted molar refractivity (Wildman–Crippen MR) is 66.0 cm³/mol. The van der Waals surface area contributed by atoms with E-state index in [9.17, 15) is 18.3 Å². The molecule has 104 valence electrons. The maximum Gasteiger partial charge on any atom is 0.372 e. The number of hydrogen-bond donors (Lipinski definition) is 1. The van der Waals surface area contributed by atoms with Crippen molar-refractivity contribution < 1.29 is 22.6 Å². The van der Waals surface area contributed by atoms with Gasteiger partial charge in [-0.2, -0.15) is 17.0 Å². The van der Waals surface area contributed by atoms with Gasteiger partial charge in [0.15, 0.2) is 6.04 Å². The van der Waals surface area contributed by atoms with E-state index in [0.29, 0.717) is 18.8 Å². The van der Waals surface area contributed by atoms with Crippen LogP contribution in [0.25, 0.3) is 0 Å². The van der Waals surface area contributed by atoms with E-state index >= 15 is 0 Å². The quantitative estimate of drug-likeness (QED) is 0.640. The number of nitrogens with zero attached hydrogens (tertiary/aromatic N) is 1. The minimum absolute atomic E-state index is 0.134. The lowest BCUT2D eigenvalue weighted by atomic mass is 10.2. The van der Waals surface area contributed by atoms with Crippen LogP contribution in [0.4, 0.5) is 0 Å². The lowest BCUT2D eigenvalue weighted by Gasteiger charge is -2.26. The van der Waals surface area contributed by atoms with Gasteiger partial charge in [-0.1, -0.05) is 24.6 Å². The lowest BCUT2D eigenvalue weighted by molar-refractivity contribution is -0.769. The molecule has 0 aromatic carbocycles. The molecule has 2 heterocycles. The topological polar surface area (TPSA) is 81.9 Å². The molecule has 2 rings (SSSR count). The summed E-state index contributed by atoms with van der Waals surface area (Å²) in [6.07, 6.45) is 3.80. The summed E-state index contributed by atoms with van der Waals surface area (Å²) in [6.45, 7) is 1.02. The number of aliphatic carboxylic acids is 1. The Balaban J connectivity index is 2.16. The van der Waals surface area contributed by atoms with Crippen molar-refractivity contribution in [2.24, 2.45) is 0 Å². The highest BCUT2D eigenvalue weighted by Gasteiger charge is 2.43. The molecule has 0 bridgehead atoms. The molecule has 0 aromatic heterocycles. The number of rotatable bonds is 3. The summed E-state index contributed by atoms with van der Waals surface area (Å²) in [5, 5.41) is 11.0. The molecule has 2 fully saturated rings. The van der Waals surface area contributed by atoms with Crippen LogP contribution in [-0.4, -0.2) is 49.5 Å². The van der Waals surface area contributed by atoms with E-state index in [2.05, 4.69) is 0 Å². The first kappa shape index (κ1) is 14.1. The highest BCUT2D eigenvalue weighted by molar-refractivity contribution is 7.99. The maximum absolute atomic E-state index is 12.4. The van der Waals surface area contributed by atoms with E-state index in [0.717, 1.165) is 25.7 Å². The molecule has 2 aliphatic heterocycles. The Bertz CT molecular complexity index is 404. The smallest absolute Gasteiger partial charge is 0.372 e. The van der Waals surface area contributed by atoms with Gasteiger partial charge in [0.1, 0.15) is 11.8 Å². The molecule has 0 spiro atoms. The fraction of sp³-hybridized carbons (Fsp3) is 0.900. The molecule has 2 saturated heterocycles. The van der Waals surface area contributed by atoms with Crippen LogP contribution >= 0.6 is 11.8 Å². The minimum atomic E-state index is -3.57. The van der Waals surface area contributed by atoms with E-state index < -0.39 is 22.2 Å². The third kappa shape index (κ3) is 2.81. The number of quaternary nitrogens is 1. The average molecular weight is 294 g/mol. The largest absolute Gasteiger partial charge is 0.544 e. The van der Waals surface area contributed by atoms with E-state index in [4.69, 9.17) is 0 Å². The Morgan fingerprint density at radius 1 is 1.22 bits per heavy atom. The first-order valence-corrected chi connectivity index (χ1v) is 8.77. The standard InChI is InChI=1S/C10H18N2O4S2/c13-10(14)9-7-17-8-12(9)18(15,16)11-5-3-1-2-4-6-11/h9H,1-8H2,(H,13,14)/t9-/m0/s1. The fourth-order valence-corrected chi connectivity index (χ4v) is 6.03. The highest BCUT2D eigenvalue weighted by atomic mass is 32.2. The monoisotopic (exact) mass is 294 g/mol. The van der Waals surface area contributed by atoms with Crippen molar-refractivity contribution >= 4 is 27.9 Å². The van der Waals surface area contributed by atoms with Crippen LogP contribution in [0.1, 0.15) is 25.7 Å². The summed E-state index contributed by atoms with van der Waals surface area (Å²) in [5.74, 6) is -0.671. The van der Waals surface area contributed by atoms with Crippen LogP contribution < -0.4 is 9.41 Å². The number of nitrogens with one attached hydrogen (secondary N) is 1. The van der Waals surface area contributed by atoms with Crippen LogP contribution in [0.3, 0.4) is 0 Å². The van der Waals surface area contributed by atoms with Gasteiger partial charge >= 0.3 is 10.2 Å². The Hall–Kier alpha value is -0.310. The maximum atomic E-state index is 12.4. The second-order valence-corrected chi connectivity index (χ2v) is 7.69. The summed E-state index contributed by atoms with van der Waals surface area (Å²) in [4.78, 5) is 11.0. The molecule has 0 aliphatic carbocycles. The first-order valence-electron chi connectivity index (χ1n) is 6.18. The van der Waals surface area contributed by atoms with Crippen molar-refractivity contribution in [1.82, 2.24) is 4.31 Å². The molecule has 1 unspecified atom stereocenters. The summed E-state index contributed by atoms with van der Waals surface area (Å²) in [6, 6.07) is -0.941. The molecule has 1 N–H and O–H groups in total. The molecular formula is C10H18N2O4S2. The third-order valence-corrected chi connectivity index (χ3v) is 6.84. The number of carboxylic acid groups (broad SMARTS) is 1. The van der Waals surface area contributed by atoms with Gasteiger partial charge in [0.25, 0.3) is 0 Å². The van der Waals surface area contributed by atoms with Crippen molar-refractivity contribution in [2.45, 2.75) is 31.7 Å². The van der Waals surface area contributed by atoms with Crippen LogP contribution in [-0.2, 0) is 15.0 Å². The Labute approximate surface area is 112 Å². The van der Waals surface area contributed by atoms with Crippen LogP contribution in [0.15, 0.2) is 0 Å². The molecule has 0 amide bonds. The number of carbonyl (C=O) groups excluding carboxylic acids is 1. The zero-order valence-corrected chi connectivity index (χ0v) is 11.8. The fourth-order valence-electron chi connectivity index (χ4n) is 2.37. The second kappa shape index (κ2) is 5.77. The normalized spacial score (nSPS) is 31.1. The highest BCUT2D eigenvalue weighted by Crippen LogP contribution is 2.13. The Morgan fingerprint density at radius 2 is 1.83 bits per heavy atom. The number of thioether (sulfide) groups is 1. The van der Waals surface area contributed by atoms with Gasteiger partial charge in [-0.3, -0.25) is 0 Å². The molecule has 2 atom stereocenters. The minimum Gasteiger partial charge on any atom is -0.544 e. The summed E-state index contributed by atoms with van der Waals surface area (Å²) >= 11 is 1.35. The molecule has 6 nitrogen and oxygen atoms in total. The molecule has 0 radical (unpaired) electrons. The van der Waals surface area contributed by atoms with E-state index in [-0.39, 0.29) is 10.2 Å². The SMILES string of the molecule is O=C([O-])[C@@H]1CSC[NH+]1S(=O)(=O)N1CCCCCC1. The van der Waals surface area contributed by atoms with Crippen LogP contribution in [0, 0.1) is 0 Å². The number of hydrogen-bond acceptors (Lipinski definition) is 5. The van der Waals surface area contributed by atoms with Gasteiger partial charge in [0.05, 0.1) is 5.75 Å². The van der Waals surface area contributed by atoms with E-state index in [1.54, 1.807) is 0 Å². The van der Waals surface area contributed by atoms with Crippen molar-refractivity contribution in [3.8, 4) is 0 Å². The zero-order valence-electron chi connectivity index (χ0n) is 10.1. The Kier molecular flexibility index (Phi) is 4.52. The van der Waals surface area contributed by atoms with Crippen molar-refractivity contribution in [1.29, 1.82) is 0 Å². The first-order chi connectivity index (χ1) is 8.53. The van der Waals surface area contributed by atoms with Crippen molar-refractivity contribution in [3.05, 3.63) is 0 Å². The average Bonchev–Trinajstić information content (AvgIpc) is 2.65. The molecular weight excluding hydrogens is 276 g/mol. The van der Waals surface area contributed by atoms with Gasteiger partial charge < -0.3 is 9.90 Å². The van der Waals surface area contributed by atoms with Crippen molar-refractivity contribution in [2.75, 3.05) is 24.7 Å².